The van der Waals surface area contributed by atoms with Crippen molar-refractivity contribution in [3.8, 4) is 0 Å². The number of fused-ring (bicyclic) bond motifs is 1. The van der Waals surface area contributed by atoms with Gasteiger partial charge in [0.05, 0.1) is 29.6 Å². The molecule has 3 atom stereocenters. The lowest BCUT2D eigenvalue weighted by Gasteiger charge is -2.52. The lowest BCUT2D eigenvalue weighted by molar-refractivity contribution is -0.0504. The molecule has 5 rings (SSSR count). The SMILES string of the molecule is C/C=C(\Br)CN([C@H]1CC=C(CO[Si](C)(C)C(C)(C)C)[C@]23CCO[C@]12Nc1ccccc13)S(=O)(=O)c1ccc(C)cc1. The van der Waals surface area contributed by atoms with Crippen LogP contribution in [0.25, 0.3) is 0 Å². The third kappa shape index (κ3) is 4.90. The monoisotopic (exact) mass is 658 g/mol. The van der Waals surface area contributed by atoms with E-state index in [-0.39, 0.29) is 16.5 Å². The number of para-hydroxylation sites is 1. The molecule has 1 aliphatic carbocycles. The molecular formula is C32H43BrN2O4SSi. The highest BCUT2D eigenvalue weighted by atomic mass is 79.9. The third-order valence-electron chi connectivity index (χ3n) is 9.74. The molecule has 0 amide bonds. The van der Waals surface area contributed by atoms with Crippen LogP contribution in [-0.4, -0.2) is 52.6 Å². The first kappa shape index (κ1) is 30.7. The fraction of sp³-hybridized carbons (Fsp3) is 0.500. The second-order valence-corrected chi connectivity index (χ2v) is 20.8. The first-order valence-electron chi connectivity index (χ1n) is 14.4. The van der Waals surface area contributed by atoms with Crippen LogP contribution in [0.4, 0.5) is 5.69 Å². The summed E-state index contributed by atoms with van der Waals surface area (Å²) >= 11 is 3.63. The maximum Gasteiger partial charge on any atom is 0.243 e. The number of allylic oxidation sites excluding steroid dienone is 1. The second-order valence-electron chi connectivity index (χ2n) is 13.0. The Balaban J connectivity index is 1.66. The van der Waals surface area contributed by atoms with E-state index < -0.39 is 35.5 Å². The highest BCUT2D eigenvalue weighted by molar-refractivity contribution is 9.11. The number of aryl methyl sites for hydroxylation is 1. The Kier molecular flexibility index (Phi) is 8.05. The van der Waals surface area contributed by atoms with E-state index in [1.807, 2.05) is 38.1 Å². The van der Waals surface area contributed by atoms with Crippen LogP contribution in [0.1, 0.15) is 51.7 Å². The van der Waals surface area contributed by atoms with Gasteiger partial charge in [-0.3, -0.25) is 0 Å². The summed E-state index contributed by atoms with van der Waals surface area (Å²) in [6.45, 7) is 16.4. The summed E-state index contributed by atoms with van der Waals surface area (Å²) in [5.41, 5.74) is 2.85. The summed E-state index contributed by atoms with van der Waals surface area (Å²) < 4.78 is 44.9. The molecule has 9 heteroatoms. The number of nitrogens with zero attached hydrogens (tertiary/aromatic N) is 1. The fourth-order valence-electron chi connectivity index (χ4n) is 6.37. The number of nitrogens with one attached hydrogen (secondary N) is 1. The summed E-state index contributed by atoms with van der Waals surface area (Å²) in [6, 6.07) is 15.0. The number of sulfonamides is 1. The molecule has 0 aromatic heterocycles. The molecule has 0 unspecified atom stereocenters. The quantitative estimate of drug-likeness (QED) is 0.235. The Morgan fingerprint density at radius 3 is 2.54 bits per heavy atom. The zero-order valence-corrected chi connectivity index (χ0v) is 28.7. The predicted octanol–water partition coefficient (Wildman–Crippen LogP) is 7.49. The Morgan fingerprint density at radius 1 is 1.20 bits per heavy atom. The molecule has 0 radical (unpaired) electrons. The molecule has 222 valence electrons. The van der Waals surface area contributed by atoms with Crippen molar-refractivity contribution >= 4 is 40.0 Å². The van der Waals surface area contributed by atoms with Gasteiger partial charge in [0.2, 0.25) is 10.0 Å². The number of halogens is 1. The van der Waals surface area contributed by atoms with E-state index in [1.54, 1.807) is 16.4 Å². The molecule has 2 aliphatic heterocycles. The lowest BCUT2D eigenvalue weighted by Crippen LogP contribution is -2.67. The standard InChI is InChI=1S/C32H43BrN2O4SSi/c1-8-25(33)21-35(40(36,37)26-16-13-23(2)14-17-26)29-18-15-24(22-39-41(6,7)30(3,4)5)31-19-20-38-32(29,31)34-28-12-10-9-11-27(28)31/h8-17,29,34H,18-22H2,1-7H3/b25-8-/t29-,31-,32+/m0/s1. The highest BCUT2D eigenvalue weighted by Crippen LogP contribution is 2.62. The lowest BCUT2D eigenvalue weighted by atomic mass is 9.62. The Bertz CT molecular complexity index is 1480. The smallest absolute Gasteiger partial charge is 0.243 e. The minimum atomic E-state index is -3.88. The van der Waals surface area contributed by atoms with Crippen LogP contribution in [0.3, 0.4) is 0 Å². The largest absolute Gasteiger partial charge is 0.413 e. The number of anilines is 1. The molecule has 0 spiro atoms. The number of rotatable bonds is 8. The van der Waals surface area contributed by atoms with Gasteiger partial charge in [-0.15, -0.1) is 0 Å². The van der Waals surface area contributed by atoms with Gasteiger partial charge in [0.15, 0.2) is 14.0 Å². The van der Waals surface area contributed by atoms with Crippen molar-refractivity contribution in [3.63, 3.8) is 0 Å². The van der Waals surface area contributed by atoms with Crippen LogP contribution in [0.15, 0.2) is 75.6 Å². The van der Waals surface area contributed by atoms with Crippen LogP contribution in [0, 0.1) is 6.92 Å². The maximum atomic E-state index is 14.4. The van der Waals surface area contributed by atoms with Crippen molar-refractivity contribution in [1.82, 2.24) is 4.31 Å². The normalized spacial score (nSPS) is 26.3. The van der Waals surface area contributed by atoms with Gasteiger partial charge in [-0.05, 0) is 74.2 Å². The molecule has 6 nitrogen and oxygen atoms in total. The number of benzene rings is 2. The van der Waals surface area contributed by atoms with Crippen molar-refractivity contribution in [2.45, 2.75) is 87.7 Å². The molecule has 0 bridgehead atoms. The molecule has 1 fully saturated rings. The molecule has 2 aromatic carbocycles. The molecule has 3 aliphatic rings. The third-order valence-corrected chi connectivity index (χ3v) is 16.8. The van der Waals surface area contributed by atoms with E-state index >= 15 is 0 Å². The van der Waals surface area contributed by atoms with Gasteiger partial charge in [-0.2, -0.15) is 4.31 Å². The molecule has 2 aromatic rings. The van der Waals surface area contributed by atoms with Gasteiger partial charge < -0.3 is 14.5 Å². The van der Waals surface area contributed by atoms with E-state index in [0.717, 1.165) is 27.7 Å². The average Bonchev–Trinajstić information content (AvgIpc) is 3.44. The number of ether oxygens (including phenoxy) is 1. The first-order valence-corrected chi connectivity index (χ1v) is 19.6. The molecule has 1 N–H and O–H groups in total. The average molecular weight is 660 g/mol. The summed E-state index contributed by atoms with van der Waals surface area (Å²) in [7, 11) is -5.92. The van der Waals surface area contributed by atoms with E-state index in [0.29, 0.717) is 19.6 Å². The van der Waals surface area contributed by atoms with E-state index in [2.05, 4.69) is 79.4 Å². The van der Waals surface area contributed by atoms with Crippen molar-refractivity contribution < 1.29 is 17.6 Å². The van der Waals surface area contributed by atoms with E-state index in [9.17, 15) is 8.42 Å². The number of hydrogen-bond acceptors (Lipinski definition) is 5. The van der Waals surface area contributed by atoms with Crippen LogP contribution in [0.5, 0.6) is 0 Å². The minimum Gasteiger partial charge on any atom is -0.413 e. The van der Waals surface area contributed by atoms with Gasteiger partial charge in [0.25, 0.3) is 0 Å². The summed E-state index contributed by atoms with van der Waals surface area (Å²) in [5, 5.41) is 3.84. The van der Waals surface area contributed by atoms with E-state index in [1.165, 1.54) is 5.57 Å². The van der Waals surface area contributed by atoms with Gasteiger partial charge in [0.1, 0.15) is 0 Å². The summed E-state index contributed by atoms with van der Waals surface area (Å²) in [5.74, 6) is 0. The molecule has 2 heterocycles. The van der Waals surface area contributed by atoms with Crippen molar-refractivity contribution in [2.75, 3.05) is 25.1 Å². The van der Waals surface area contributed by atoms with Gasteiger partial charge in [-0.1, -0.05) is 84.7 Å². The zero-order chi connectivity index (χ0) is 29.8. The predicted molar refractivity (Wildman–Crippen MR) is 172 cm³/mol. The van der Waals surface area contributed by atoms with Gasteiger partial charge >= 0.3 is 0 Å². The van der Waals surface area contributed by atoms with Gasteiger partial charge in [-0.25, -0.2) is 8.42 Å². The maximum absolute atomic E-state index is 14.4. The molecule has 1 saturated heterocycles. The minimum absolute atomic E-state index is 0.0786. The summed E-state index contributed by atoms with van der Waals surface area (Å²) in [6.07, 6.45) is 5.42. The van der Waals surface area contributed by atoms with E-state index in [4.69, 9.17) is 9.16 Å². The van der Waals surface area contributed by atoms with Crippen LogP contribution >= 0.6 is 15.9 Å². The number of hydrogen-bond donors (Lipinski definition) is 1. The van der Waals surface area contributed by atoms with Crippen molar-refractivity contribution in [2.24, 2.45) is 0 Å². The molecule has 41 heavy (non-hydrogen) atoms. The van der Waals surface area contributed by atoms with Crippen LogP contribution < -0.4 is 5.32 Å². The second kappa shape index (κ2) is 10.8. The molecular weight excluding hydrogens is 616 g/mol. The Labute approximate surface area is 255 Å². The zero-order valence-electron chi connectivity index (χ0n) is 25.3. The Hall–Kier alpha value is -1.75. The highest BCUT2D eigenvalue weighted by Gasteiger charge is 2.70. The fourth-order valence-corrected chi connectivity index (χ4v) is 9.39. The summed E-state index contributed by atoms with van der Waals surface area (Å²) in [4.78, 5) is 0.283. The topological polar surface area (TPSA) is 67.9 Å². The first-order chi connectivity index (χ1) is 19.2. The van der Waals surface area contributed by atoms with Crippen molar-refractivity contribution in [3.05, 3.63) is 81.9 Å². The molecule has 0 saturated carbocycles. The van der Waals surface area contributed by atoms with Gasteiger partial charge in [0, 0.05) is 16.7 Å². The van der Waals surface area contributed by atoms with Crippen molar-refractivity contribution in [1.29, 1.82) is 0 Å². The van der Waals surface area contributed by atoms with Crippen LogP contribution in [-0.2, 0) is 24.6 Å². The Morgan fingerprint density at radius 2 is 1.88 bits per heavy atom. The van der Waals surface area contributed by atoms with Crippen LogP contribution in [0.2, 0.25) is 18.1 Å².